The number of carboxylic acid groups (broad SMARTS) is 1. The maximum Gasteiger partial charge on any atom is 0.335 e. The van der Waals surface area contributed by atoms with Crippen molar-refractivity contribution in [1.82, 2.24) is 0 Å². The second kappa shape index (κ2) is 7.95. The van der Waals surface area contributed by atoms with E-state index in [1.807, 2.05) is 24.3 Å². The van der Waals surface area contributed by atoms with Gasteiger partial charge >= 0.3 is 5.97 Å². The zero-order chi connectivity index (χ0) is 22.5. The lowest BCUT2D eigenvalue weighted by Gasteiger charge is -2.51. The standard InChI is InChI=1S/C29H32O3/c1-3-19-11-20-10-18(2)15-29(16-19,17-20)26-13-25-12-23(8-9-24(25)14-27(26)30)21-4-6-22(7-5-21)28(31)32/h4-9,12-14,18-20,30H,3,10-11,15-17H2,1-2H3,(H,31,32). The predicted octanol–water partition coefficient (Wildman–Crippen LogP) is 7.40. The Balaban J connectivity index is 1.58. The van der Waals surface area contributed by atoms with Gasteiger partial charge in [-0.15, -0.1) is 0 Å². The summed E-state index contributed by atoms with van der Waals surface area (Å²) in [6, 6.07) is 17.5. The van der Waals surface area contributed by atoms with Crippen LogP contribution in [0.3, 0.4) is 0 Å². The summed E-state index contributed by atoms with van der Waals surface area (Å²) < 4.78 is 0. The molecule has 0 radical (unpaired) electrons. The molecule has 2 saturated carbocycles. The first-order valence-corrected chi connectivity index (χ1v) is 12.0. The van der Waals surface area contributed by atoms with Crippen LogP contribution in [-0.4, -0.2) is 16.2 Å². The summed E-state index contributed by atoms with van der Waals surface area (Å²) in [4.78, 5) is 11.2. The highest BCUT2D eigenvalue weighted by Gasteiger charge is 2.46. The number of rotatable bonds is 4. The molecule has 2 bridgehead atoms. The second-order valence-electron chi connectivity index (χ2n) is 10.4. The molecular weight excluding hydrogens is 396 g/mol. The molecular formula is C29H32O3. The Labute approximate surface area is 190 Å². The van der Waals surface area contributed by atoms with Crippen LogP contribution in [0.1, 0.15) is 68.3 Å². The van der Waals surface area contributed by atoms with Gasteiger partial charge in [-0.3, -0.25) is 0 Å². The highest BCUT2D eigenvalue weighted by atomic mass is 16.4. The van der Waals surface area contributed by atoms with E-state index >= 15 is 0 Å². The van der Waals surface area contributed by atoms with Gasteiger partial charge in [0.25, 0.3) is 0 Å². The summed E-state index contributed by atoms with van der Waals surface area (Å²) in [6.07, 6.45) is 7.42. The third-order valence-electron chi connectivity index (χ3n) is 8.07. The molecule has 2 aliphatic carbocycles. The molecule has 3 nitrogen and oxygen atoms in total. The Kier molecular flexibility index (Phi) is 5.23. The van der Waals surface area contributed by atoms with Crippen LogP contribution in [0.15, 0.2) is 54.6 Å². The predicted molar refractivity (Wildman–Crippen MR) is 129 cm³/mol. The van der Waals surface area contributed by atoms with Crippen molar-refractivity contribution in [3.63, 3.8) is 0 Å². The molecule has 0 aromatic heterocycles. The molecule has 0 saturated heterocycles. The minimum atomic E-state index is -0.910. The van der Waals surface area contributed by atoms with Gasteiger partial charge in [0.2, 0.25) is 0 Å². The minimum Gasteiger partial charge on any atom is -0.508 e. The summed E-state index contributed by atoms with van der Waals surface area (Å²) in [5.41, 5.74) is 3.58. The molecule has 3 aromatic carbocycles. The molecule has 2 fully saturated rings. The van der Waals surface area contributed by atoms with E-state index in [9.17, 15) is 15.0 Å². The van der Waals surface area contributed by atoms with E-state index in [-0.39, 0.29) is 5.41 Å². The molecule has 2 aliphatic rings. The Hall–Kier alpha value is -2.81. The first-order valence-electron chi connectivity index (χ1n) is 12.0. The largest absolute Gasteiger partial charge is 0.508 e. The fourth-order valence-electron chi connectivity index (χ4n) is 6.83. The fourth-order valence-corrected chi connectivity index (χ4v) is 6.83. The van der Waals surface area contributed by atoms with Gasteiger partial charge in [-0.2, -0.15) is 0 Å². The molecule has 0 spiro atoms. The van der Waals surface area contributed by atoms with E-state index in [0.717, 1.165) is 45.7 Å². The number of phenols is 1. The number of carboxylic acids is 1. The Morgan fingerprint density at radius 2 is 1.69 bits per heavy atom. The molecule has 0 aliphatic heterocycles. The second-order valence-corrected chi connectivity index (χ2v) is 10.4. The van der Waals surface area contributed by atoms with Crippen molar-refractivity contribution in [2.45, 2.75) is 57.8 Å². The van der Waals surface area contributed by atoms with Crippen LogP contribution in [0, 0.1) is 17.8 Å². The van der Waals surface area contributed by atoms with E-state index in [1.165, 1.54) is 32.1 Å². The first-order chi connectivity index (χ1) is 15.4. The molecule has 3 heteroatoms. The van der Waals surface area contributed by atoms with Crippen molar-refractivity contribution in [1.29, 1.82) is 0 Å². The Morgan fingerprint density at radius 3 is 2.41 bits per heavy atom. The smallest absolute Gasteiger partial charge is 0.335 e. The number of aromatic hydroxyl groups is 1. The van der Waals surface area contributed by atoms with Crippen LogP contribution < -0.4 is 0 Å². The van der Waals surface area contributed by atoms with Crippen LogP contribution in [0.4, 0.5) is 0 Å². The number of aromatic carboxylic acids is 1. The maximum atomic E-state index is 11.2. The highest BCUT2D eigenvalue weighted by Crippen LogP contribution is 2.56. The van der Waals surface area contributed by atoms with Crippen LogP contribution >= 0.6 is 0 Å². The molecule has 4 unspecified atom stereocenters. The monoisotopic (exact) mass is 428 g/mol. The van der Waals surface area contributed by atoms with Crippen LogP contribution in [0.2, 0.25) is 0 Å². The SMILES string of the molecule is CCC1CC2CC(C)CC(c3cc4cc(-c5ccc(C(=O)O)cc5)ccc4cc3O)(C1)C2. The number of hydrogen-bond donors (Lipinski definition) is 2. The zero-order valence-electron chi connectivity index (χ0n) is 19.0. The van der Waals surface area contributed by atoms with E-state index in [1.54, 1.807) is 12.1 Å². The Morgan fingerprint density at radius 1 is 0.938 bits per heavy atom. The van der Waals surface area contributed by atoms with E-state index in [4.69, 9.17) is 0 Å². The van der Waals surface area contributed by atoms with Gasteiger partial charge in [0.05, 0.1) is 5.56 Å². The van der Waals surface area contributed by atoms with Crippen molar-refractivity contribution in [3.8, 4) is 16.9 Å². The molecule has 4 atom stereocenters. The molecule has 32 heavy (non-hydrogen) atoms. The van der Waals surface area contributed by atoms with Crippen molar-refractivity contribution < 1.29 is 15.0 Å². The summed E-state index contributed by atoms with van der Waals surface area (Å²) >= 11 is 0. The summed E-state index contributed by atoms with van der Waals surface area (Å²) in [5.74, 6) is 1.75. The van der Waals surface area contributed by atoms with Gasteiger partial charge in [-0.05, 0) is 108 Å². The van der Waals surface area contributed by atoms with Crippen molar-refractivity contribution in [2.75, 3.05) is 0 Å². The highest BCUT2D eigenvalue weighted by molar-refractivity contribution is 5.91. The van der Waals surface area contributed by atoms with E-state index < -0.39 is 5.97 Å². The van der Waals surface area contributed by atoms with Crippen molar-refractivity contribution in [3.05, 3.63) is 65.7 Å². The molecule has 5 rings (SSSR count). The lowest BCUT2D eigenvalue weighted by molar-refractivity contribution is 0.0686. The average molecular weight is 429 g/mol. The molecule has 166 valence electrons. The minimum absolute atomic E-state index is 0.0820. The molecule has 0 amide bonds. The number of hydrogen-bond acceptors (Lipinski definition) is 2. The third kappa shape index (κ3) is 3.68. The summed E-state index contributed by atoms with van der Waals surface area (Å²) in [5, 5.41) is 22.5. The first kappa shape index (κ1) is 21.1. The molecule has 0 heterocycles. The lowest BCUT2D eigenvalue weighted by atomic mass is 9.54. The number of benzene rings is 3. The Bertz CT molecular complexity index is 1160. The number of fused-ring (bicyclic) bond motifs is 3. The van der Waals surface area contributed by atoms with E-state index in [0.29, 0.717) is 17.2 Å². The number of phenolic OH excluding ortho intramolecular Hbond substituents is 1. The van der Waals surface area contributed by atoms with Gasteiger partial charge < -0.3 is 10.2 Å². The zero-order valence-corrected chi connectivity index (χ0v) is 19.0. The lowest BCUT2D eigenvalue weighted by Crippen LogP contribution is -2.42. The van der Waals surface area contributed by atoms with E-state index in [2.05, 4.69) is 32.0 Å². The molecule has 2 N–H and O–H groups in total. The van der Waals surface area contributed by atoms with Crippen LogP contribution in [-0.2, 0) is 5.41 Å². The normalized spacial score (nSPS) is 27.4. The topological polar surface area (TPSA) is 57.5 Å². The number of carbonyl (C=O) groups is 1. The van der Waals surface area contributed by atoms with Gasteiger partial charge in [0.15, 0.2) is 0 Å². The fraction of sp³-hybridized carbons (Fsp3) is 0.414. The van der Waals surface area contributed by atoms with Crippen LogP contribution in [0.5, 0.6) is 5.75 Å². The van der Waals surface area contributed by atoms with Crippen molar-refractivity contribution >= 4 is 16.7 Å². The quantitative estimate of drug-likeness (QED) is 0.455. The van der Waals surface area contributed by atoms with Crippen LogP contribution in [0.25, 0.3) is 21.9 Å². The summed E-state index contributed by atoms with van der Waals surface area (Å²) in [7, 11) is 0. The maximum absolute atomic E-state index is 11.2. The average Bonchev–Trinajstić information content (AvgIpc) is 2.77. The third-order valence-corrected chi connectivity index (χ3v) is 8.07. The summed E-state index contributed by atoms with van der Waals surface area (Å²) in [6.45, 7) is 4.69. The van der Waals surface area contributed by atoms with Gasteiger partial charge in [-0.1, -0.05) is 44.5 Å². The molecule has 3 aromatic rings. The van der Waals surface area contributed by atoms with Crippen molar-refractivity contribution in [2.24, 2.45) is 17.8 Å². The van der Waals surface area contributed by atoms with Gasteiger partial charge in [0.1, 0.15) is 5.75 Å². The van der Waals surface area contributed by atoms with Gasteiger partial charge in [0, 0.05) is 5.56 Å². The van der Waals surface area contributed by atoms with Gasteiger partial charge in [-0.25, -0.2) is 4.79 Å².